The fraction of sp³-hybridized carbons (Fsp3) is 1.00. The van der Waals surface area contributed by atoms with Crippen LogP contribution in [0.3, 0.4) is 0 Å². The molecule has 9 heteroatoms. The largest absolute Gasteiger partial charge is 0.409 e. The molecule has 0 radical (unpaired) electrons. The van der Waals surface area contributed by atoms with E-state index in [1.54, 1.807) is 7.11 Å². The van der Waals surface area contributed by atoms with E-state index in [0.717, 1.165) is 0 Å². The van der Waals surface area contributed by atoms with Gasteiger partial charge in [0.2, 0.25) is 0 Å². The lowest BCUT2D eigenvalue weighted by molar-refractivity contribution is -0.284. The summed E-state index contributed by atoms with van der Waals surface area (Å²) < 4.78 is 30.9. The molecule has 0 aliphatic carbocycles. The van der Waals surface area contributed by atoms with Crippen LogP contribution >= 0.6 is 0 Å². The first-order chi connectivity index (χ1) is 11.2. The lowest BCUT2D eigenvalue weighted by atomic mass is 9.99. The molecule has 1 heterocycles. The number of ether oxygens (including phenoxy) is 2. The van der Waals surface area contributed by atoms with Crippen molar-refractivity contribution in [1.82, 2.24) is 0 Å². The molecule has 0 saturated carbocycles. The normalized spacial score (nSPS) is 32.0. The van der Waals surface area contributed by atoms with E-state index in [1.165, 1.54) is 0 Å². The summed E-state index contributed by atoms with van der Waals surface area (Å²) in [5.74, 6) is 0. The van der Waals surface area contributed by atoms with Crippen molar-refractivity contribution in [3.8, 4) is 0 Å². The maximum absolute atomic E-state index is 9.89. The molecule has 0 unspecified atom stereocenters. The Hall–Kier alpha value is 0.411. The molecular weight excluding hydrogens is 372 g/mol. The number of aliphatic hydroxyl groups excluding tert-OH is 1. The number of hydrogen-bond donors (Lipinski definition) is 1. The van der Waals surface area contributed by atoms with Gasteiger partial charge in [-0.25, -0.2) is 0 Å². The lowest BCUT2D eigenvalue weighted by Crippen LogP contribution is -2.66. The Balaban J connectivity index is 3.27. The van der Waals surface area contributed by atoms with Gasteiger partial charge in [-0.05, 0) is 58.9 Å². The van der Waals surface area contributed by atoms with Gasteiger partial charge in [-0.1, -0.05) is 0 Å². The second kappa shape index (κ2) is 8.61. The monoisotopic (exact) mass is 410 g/mol. The minimum atomic E-state index is -1.89. The smallest absolute Gasteiger partial charge is 0.185 e. The molecule has 0 bridgehead atoms. The van der Waals surface area contributed by atoms with Crippen molar-refractivity contribution in [3.63, 3.8) is 0 Å². The third-order valence-electron chi connectivity index (χ3n) is 3.47. The summed E-state index contributed by atoms with van der Waals surface area (Å²) in [6.07, 6.45) is -2.11. The third kappa shape index (κ3) is 7.89. The van der Waals surface area contributed by atoms with Crippen LogP contribution in [0.25, 0.3) is 0 Å². The first-order valence-corrected chi connectivity index (χ1v) is 19.2. The highest BCUT2D eigenvalue weighted by molar-refractivity contribution is 6.70. The van der Waals surface area contributed by atoms with E-state index in [1.807, 2.05) is 0 Å². The van der Waals surface area contributed by atoms with Gasteiger partial charge in [0, 0.05) is 7.11 Å². The molecule has 0 aromatic carbocycles. The van der Waals surface area contributed by atoms with Gasteiger partial charge in [0.1, 0.15) is 24.4 Å². The molecule has 0 amide bonds. The lowest BCUT2D eigenvalue weighted by Gasteiger charge is -2.50. The van der Waals surface area contributed by atoms with Gasteiger partial charge < -0.3 is 27.9 Å². The zero-order valence-electron chi connectivity index (χ0n) is 17.6. The minimum Gasteiger partial charge on any atom is -0.409 e. The summed E-state index contributed by atoms with van der Waals surface area (Å²) in [6.45, 7) is 19.1. The van der Waals surface area contributed by atoms with E-state index in [-0.39, 0.29) is 24.9 Å². The van der Waals surface area contributed by atoms with Crippen molar-refractivity contribution >= 4 is 25.0 Å². The van der Waals surface area contributed by atoms with Gasteiger partial charge in [0.15, 0.2) is 31.2 Å². The van der Waals surface area contributed by atoms with Crippen LogP contribution in [0.15, 0.2) is 0 Å². The molecule has 1 aliphatic heterocycles. The first-order valence-electron chi connectivity index (χ1n) is 8.99. The van der Waals surface area contributed by atoms with Gasteiger partial charge in [-0.15, -0.1) is 0 Å². The molecule has 0 aromatic rings. The van der Waals surface area contributed by atoms with Gasteiger partial charge >= 0.3 is 0 Å². The number of hydrogen-bond acceptors (Lipinski definition) is 6. The van der Waals surface area contributed by atoms with Gasteiger partial charge in [-0.2, -0.15) is 0 Å². The second-order valence-corrected chi connectivity index (χ2v) is 22.9. The predicted molar refractivity (Wildman–Crippen MR) is 107 cm³/mol. The molecule has 1 rings (SSSR count). The van der Waals surface area contributed by atoms with Crippen LogP contribution in [0.4, 0.5) is 0 Å². The summed E-state index contributed by atoms with van der Waals surface area (Å²) in [6, 6.07) is 0. The van der Waals surface area contributed by atoms with Crippen molar-refractivity contribution in [2.24, 2.45) is 0 Å². The Bertz CT molecular complexity index is 386. The van der Waals surface area contributed by atoms with Crippen molar-refractivity contribution in [3.05, 3.63) is 0 Å². The summed E-state index contributed by atoms with van der Waals surface area (Å²) in [7, 11) is -4.04. The predicted octanol–water partition coefficient (Wildman–Crippen LogP) is 3.01. The fourth-order valence-electron chi connectivity index (χ4n) is 2.84. The average Bonchev–Trinajstić information content (AvgIpc) is 2.38. The molecule has 5 atom stereocenters. The van der Waals surface area contributed by atoms with E-state index in [9.17, 15) is 5.11 Å². The van der Waals surface area contributed by atoms with E-state index >= 15 is 0 Å². The molecule has 25 heavy (non-hydrogen) atoms. The second-order valence-electron chi connectivity index (χ2n) is 9.55. The molecule has 1 saturated heterocycles. The van der Waals surface area contributed by atoms with E-state index < -0.39 is 37.3 Å². The number of aliphatic hydroxyl groups is 1. The van der Waals surface area contributed by atoms with Crippen LogP contribution in [-0.4, -0.2) is 74.5 Å². The fourth-order valence-corrected chi connectivity index (χ4v) is 6.09. The zero-order valence-corrected chi connectivity index (χ0v) is 20.6. The highest BCUT2D eigenvalue weighted by Gasteiger charge is 2.51. The van der Waals surface area contributed by atoms with E-state index in [0.29, 0.717) is 0 Å². The molecule has 6 nitrogen and oxygen atoms in total. The van der Waals surface area contributed by atoms with Crippen LogP contribution in [0.5, 0.6) is 0 Å². The van der Waals surface area contributed by atoms with Crippen molar-refractivity contribution in [2.75, 3.05) is 13.7 Å². The summed E-state index contributed by atoms with van der Waals surface area (Å²) in [5.41, 5.74) is 0. The zero-order chi connectivity index (χ0) is 19.6. The highest BCUT2D eigenvalue weighted by Crippen LogP contribution is 2.33. The molecule has 0 spiro atoms. The van der Waals surface area contributed by atoms with Crippen LogP contribution in [-0.2, 0) is 22.8 Å². The molecule has 0 aromatic heterocycles. The first kappa shape index (κ1) is 23.5. The van der Waals surface area contributed by atoms with Gasteiger partial charge in [0.25, 0.3) is 0 Å². The molecule has 150 valence electrons. The van der Waals surface area contributed by atoms with Crippen LogP contribution in [0.1, 0.15) is 0 Å². The van der Waals surface area contributed by atoms with Crippen LogP contribution in [0, 0.1) is 0 Å². The Morgan fingerprint density at radius 2 is 1.12 bits per heavy atom. The topological polar surface area (TPSA) is 66.4 Å². The minimum absolute atomic E-state index is 0.139. The van der Waals surface area contributed by atoms with Gasteiger partial charge in [0.05, 0.1) is 6.61 Å². The Morgan fingerprint density at radius 1 is 0.720 bits per heavy atom. The summed E-state index contributed by atoms with van der Waals surface area (Å²) >= 11 is 0. The maximum atomic E-state index is 9.89. The van der Waals surface area contributed by atoms with Crippen molar-refractivity contribution < 1.29 is 27.9 Å². The summed E-state index contributed by atoms with van der Waals surface area (Å²) in [4.78, 5) is 0. The average molecular weight is 411 g/mol. The van der Waals surface area contributed by atoms with Gasteiger partial charge in [-0.3, -0.25) is 0 Å². The SMILES string of the molecule is CO[C@@H]1O[C@@H](CO)[C@H](O[Si](C)(C)C)[C@@H](O[Si](C)(C)C)[C@@H]1O[Si](C)(C)C. The van der Waals surface area contributed by atoms with Crippen LogP contribution < -0.4 is 0 Å². The Labute approximate surface area is 156 Å². The Kier molecular flexibility index (Phi) is 8.08. The standard InChI is InChI=1S/C16H38O6Si3/c1-18-16-15(22-25(8,9)10)14(21-24(5,6)7)13(12(11-17)19-16)20-23(2,3)4/h12-17H,11H2,1-10H3/t12-,13-,14+,15-,16+/m0/s1. The molecule has 1 aliphatic rings. The molecular formula is C16H38O6Si3. The number of rotatable bonds is 8. The molecule has 1 fully saturated rings. The van der Waals surface area contributed by atoms with Crippen molar-refractivity contribution in [1.29, 1.82) is 0 Å². The third-order valence-corrected chi connectivity index (χ3v) is 6.41. The van der Waals surface area contributed by atoms with Crippen molar-refractivity contribution in [2.45, 2.75) is 89.6 Å². The highest BCUT2D eigenvalue weighted by atomic mass is 28.4. The maximum Gasteiger partial charge on any atom is 0.185 e. The van der Waals surface area contributed by atoms with E-state index in [4.69, 9.17) is 22.8 Å². The summed E-state index contributed by atoms with van der Waals surface area (Å²) in [5, 5.41) is 9.89. The molecule has 1 N–H and O–H groups in total. The van der Waals surface area contributed by atoms with Crippen LogP contribution in [0.2, 0.25) is 58.9 Å². The quantitative estimate of drug-likeness (QED) is 0.621. The van der Waals surface area contributed by atoms with E-state index in [2.05, 4.69) is 58.9 Å². The Morgan fingerprint density at radius 3 is 1.48 bits per heavy atom. The number of methoxy groups -OCH3 is 1.